The lowest BCUT2D eigenvalue weighted by Gasteiger charge is -2.19. The second-order valence-electron chi connectivity index (χ2n) is 4.03. The molecule has 1 aromatic heterocycles. The second kappa shape index (κ2) is 4.47. The molecule has 0 bridgehead atoms. The Hall–Kier alpha value is -1.65. The van der Waals surface area contributed by atoms with Gasteiger partial charge in [-0.2, -0.15) is 5.10 Å². The zero-order valence-corrected chi connectivity index (χ0v) is 9.16. The van der Waals surface area contributed by atoms with Gasteiger partial charge >= 0.3 is 5.97 Å². The molecule has 0 amide bonds. The summed E-state index contributed by atoms with van der Waals surface area (Å²) in [6, 6.07) is 0. The van der Waals surface area contributed by atoms with Crippen LogP contribution in [0.4, 0.5) is 0 Å². The predicted molar refractivity (Wildman–Crippen MR) is 55.7 cm³/mol. The Balaban J connectivity index is 1.98. The van der Waals surface area contributed by atoms with Crippen molar-refractivity contribution < 1.29 is 14.3 Å². The number of methoxy groups -OCH3 is 1. The molecule has 16 heavy (non-hydrogen) atoms. The van der Waals surface area contributed by atoms with E-state index < -0.39 is 5.97 Å². The molecule has 2 rings (SSSR count). The summed E-state index contributed by atoms with van der Waals surface area (Å²) >= 11 is 0. The van der Waals surface area contributed by atoms with Crippen LogP contribution in [0.5, 0.6) is 0 Å². The number of hydrogen-bond acceptors (Lipinski definition) is 4. The molecule has 1 aromatic rings. The predicted octanol–water partition coefficient (Wildman–Crippen LogP) is 0.647. The average molecular weight is 222 g/mol. The average Bonchev–Trinajstić information content (AvgIpc) is 2.75. The SMILES string of the molecule is COC(=O)CC(=O)C1CCc2[nH]ncc2C1. The molecule has 86 valence electrons. The summed E-state index contributed by atoms with van der Waals surface area (Å²) < 4.78 is 4.49. The zero-order chi connectivity index (χ0) is 11.5. The summed E-state index contributed by atoms with van der Waals surface area (Å²) in [5.74, 6) is -0.550. The van der Waals surface area contributed by atoms with Crippen LogP contribution in [0.25, 0.3) is 0 Å². The molecule has 0 aliphatic heterocycles. The summed E-state index contributed by atoms with van der Waals surface area (Å²) in [5, 5.41) is 6.86. The number of esters is 1. The standard InChI is InChI=1S/C11H14N2O3/c1-16-11(15)5-10(14)7-2-3-9-8(4-7)6-12-13-9/h6-7H,2-5H2,1H3,(H,12,13). The van der Waals surface area contributed by atoms with Crippen molar-refractivity contribution in [2.45, 2.75) is 25.7 Å². The molecule has 0 saturated carbocycles. The van der Waals surface area contributed by atoms with Crippen molar-refractivity contribution in [3.63, 3.8) is 0 Å². The van der Waals surface area contributed by atoms with Gasteiger partial charge in [0.2, 0.25) is 0 Å². The largest absolute Gasteiger partial charge is 0.469 e. The van der Waals surface area contributed by atoms with E-state index in [4.69, 9.17) is 0 Å². The number of ether oxygens (including phenoxy) is 1. The Kier molecular flexibility index (Phi) is 3.03. The number of hydrogen-bond donors (Lipinski definition) is 1. The third-order valence-corrected chi connectivity index (χ3v) is 3.02. The Bertz CT molecular complexity index is 411. The van der Waals surface area contributed by atoms with Gasteiger partial charge < -0.3 is 4.74 Å². The molecule has 1 unspecified atom stereocenters. The highest BCUT2D eigenvalue weighted by atomic mass is 16.5. The summed E-state index contributed by atoms with van der Waals surface area (Å²) in [7, 11) is 1.30. The lowest BCUT2D eigenvalue weighted by atomic mass is 9.84. The quantitative estimate of drug-likeness (QED) is 0.602. The summed E-state index contributed by atoms with van der Waals surface area (Å²) in [6.45, 7) is 0. The van der Waals surface area contributed by atoms with Crippen LogP contribution in [0.15, 0.2) is 6.20 Å². The second-order valence-corrected chi connectivity index (χ2v) is 4.03. The van der Waals surface area contributed by atoms with Gasteiger partial charge in [0, 0.05) is 11.6 Å². The molecule has 1 aliphatic carbocycles. The smallest absolute Gasteiger partial charge is 0.313 e. The molecule has 0 spiro atoms. The van der Waals surface area contributed by atoms with E-state index in [-0.39, 0.29) is 18.1 Å². The molecule has 1 N–H and O–H groups in total. The van der Waals surface area contributed by atoms with Crippen LogP contribution in [0.3, 0.4) is 0 Å². The first-order valence-corrected chi connectivity index (χ1v) is 5.31. The summed E-state index contributed by atoms with van der Waals surface area (Å²) in [4.78, 5) is 22.8. The van der Waals surface area contributed by atoms with E-state index in [0.717, 1.165) is 24.1 Å². The van der Waals surface area contributed by atoms with E-state index in [1.54, 1.807) is 6.20 Å². The number of aromatic amines is 1. The van der Waals surface area contributed by atoms with Gasteiger partial charge in [-0.15, -0.1) is 0 Å². The minimum absolute atomic E-state index is 0.0290. The van der Waals surface area contributed by atoms with Crippen LogP contribution in [0, 0.1) is 5.92 Å². The number of Topliss-reactive ketones (excluding diaryl/α,β-unsaturated/α-hetero) is 1. The number of nitrogens with one attached hydrogen (secondary N) is 1. The number of H-pyrrole nitrogens is 1. The lowest BCUT2D eigenvalue weighted by molar-refractivity contribution is -0.144. The highest BCUT2D eigenvalue weighted by molar-refractivity contribution is 5.96. The van der Waals surface area contributed by atoms with Gasteiger partial charge in [0.25, 0.3) is 0 Å². The summed E-state index contributed by atoms with van der Waals surface area (Å²) in [5.41, 5.74) is 2.21. The number of ketones is 1. The molecular weight excluding hydrogens is 208 g/mol. The normalized spacial score (nSPS) is 18.9. The van der Waals surface area contributed by atoms with E-state index in [0.29, 0.717) is 6.42 Å². The number of aryl methyl sites for hydroxylation is 1. The van der Waals surface area contributed by atoms with Crippen molar-refractivity contribution in [1.82, 2.24) is 10.2 Å². The maximum Gasteiger partial charge on any atom is 0.313 e. The molecule has 0 aromatic carbocycles. The van der Waals surface area contributed by atoms with E-state index in [9.17, 15) is 9.59 Å². The fourth-order valence-electron chi connectivity index (χ4n) is 2.05. The Morgan fingerprint density at radius 1 is 1.62 bits per heavy atom. The third-order valence-electron chi connectivity index (χ3n) is 3.02. The monoisotopic (exact) mass is 222 g/mol. The molecule has 5 nitrogen and oxygen atoms in total. The van der Waals surface area contributed by atoms with Crippen LogP contribution >= 0.6 is 0 Å². The zero-order valence-electron chi connectivity index (χ0n) is 9.16. The topological polar surface area (TPSA) is 72.1 Å². The first-order chi connectivity index (χ1) is 7.70. The van der Waals surface area contributed by atoms with E-state index in [1.807, 2.05) is 0 Å². The van der Waals surface area contributed by atoms with Crippen LogP contribution in [0.1, 0.15) is 24.1 Å². The van der Waals surface area contributed by atoms with Crippen molar-refractivity contribution in [2.24, 2.45) is 5.92 Å². The van der Waals surface area contributed by atoms with Crippen molar-refractivity contribution >= 4 is 11.8 Å². The molecule has 0 radical (unpaired) electrons. The molecule has 1 heterocycles. The number of nitrogens with zero attached hydrogens (tertiary/aromatic N) is 1. The van der Waals surface area contributed by atoms with Crippen molar-refractivity contribution in [3.8, 4) is 0 Å². The summed E-state index contributed by atoms with van der Waals surface area (Å²) in [6.07, 6.45) is 3.93. The molecule has 0 fully saturated rings. The highest BCUT2D eigenvalue weighted by Gasteiger charge is 2.26. The van der Waals surface area contributed by atoms with Crippen LogP contribution < -0.4 is 0 Å². The minimum atomic E-state index is -0.456. The van der Waals surface area contributed by atoms with Gasteiger partial charge in [0.05, 0.1) is 13.3 Å². The maximum atomic E-state index is 11.8. The number of aromatic nitrogens is 2. The fraction of sp³-hybridized carbons (Fsp3) is 0.545. The van der Waals surface area contributed by atoms with Crippen LogP contribution in [0.2, 0.25) is 0 Å². The highest BCUT2D eigenvalue weighted by Crippen LogP contribution is 2.25. The number of carbonyl (C=O) groups excluding carboxylic acids is 2. The molecular formula is C11H14N2O3. The third kappa shape index (κ3) is 2.13. The Morgan fingerprint density at radius 3 is 3.19 bits per heavy atom. The first-order valence-electron chi connectivity index (χ1n) is 5.31. The maximum absolute atomic E-state index is 11.8. The van der Waals surface area contributed by atoms with Crippen LogP contribution in [-0.4, -0.2) is 29.1 Å². The fourth-order valence-corrected chi connectivity index (χ4v) is 2.05. The van der Waals surface area contributed by atoms with Gasteiger partial charge in [0.1, 0.15) is 12.2 Å². The van der Waals surface area contributed by atoms with Gasteiger partial charge in [0.15, 0.2) is 0 Å². The lowest BCUT2D eigenvalue weighted by Crippen LogP contribution is -2.24. The Labute approximate surface area is 93.2 Å². The number of fused-ring (bicyclic) bond motifs is 1. The first kappa shape index (κ1) is 10.9. The van der Waals surface area contributed by atoms with Crippen LogP contribution in [-0.2, 0) is 27.2 Å². The Morgan fingerprint density at radius 2 is 2.44 bits per heavy atom. The van der Waals surface area contributed by atoms with Gasteiger partial charge in [-0.1, -0.05) is 0 Å². The van der Waals surface area contributed by atoms with Gasteiger partial charge in [-0.05, 0) is 24.8 Å². The molecule has 5 heteroatoms. The number of carbonyl (C=O) groups is 2. The van der Waals surface area contributed by atoms with E-state index in [2.05, 4.69) is 14.9 Å². The number of rotatable bonds is 3. The molecule has 1 atom stereocenters. The minimum Gasteiger partial charge on any atom is -0.469 e. The molecule has 1 aliphatic rings. The van der Waals surface area contributed by atoms with Gasteiger partial charge in [-0.3, -0.25) is 14.7 Å². The van der Waals surface area contributed by atoms with Crippen molar-refractivity contribution in [3.05, 3.63) is 17.5 Å². The van der Waals surface area contributed by atoms with Gasteiger partial charge in [-0.25, -0.2) is 0 Å². The van der Waals surface area contributed by atoms with E-state index >= 15 is 0 Å². The van der Waals surface area contributed by atoms with Crippen molar-refractivity contribution in [1.29, 1.82) is 0 Å². The van der Waals surface area contributed by atoms with E-state index in [1.165, 1.54) is 7.11 Å². The van der Waals surface area contributed by atoms with Crippen molar-refractivity contribution in [2.75, 3.05) is 7.11 Å². The molecule has 0 saturated heterocycles.